The number of sulfonamides is 1. The number of carbonyl (C=O) groups excluding carboxylic acids is 1. The number of carbonyl (C=O) groups is 1. The van der Waals surface area contributed by atoms with E-state index in [2.05, 4.69) is 5.32 Å². The van der Waals surface area contributed by atoms with Crippen LogP contribution < -0.4 is 14.4 Å². The zero-order chi connectivity index (χ0) is 17.9. The van der Waals surface area contributed by atoms with Gasteiger partial charge in [-0.2, -0.15) is 0 Å². The van der Waals surface area contributed by atoms with E-state index in [1.54, 1.807) is 42.5 Å². The Morgan fingerprint density at radius 1 is 1.12 bits per heavy atom. The van der Waals surface area contributed by atoms with E-state index in [0.29, 0.717) is 30.1 Å². The molecule has 0 unspecified atom stereocenters. The minimum absolute atomic E-state index is 0.176. The fourth-order valence-electron chi connectivity index (χ4n) is 2.81. The van der Waals surface area contributed by atoms with Gasteiger partial charge in [0.05, 0.1) is 11.4 Å². The topological polar surface area (TPSA) is 75.7 Å². The molecule has 0 radical (unpaired) electrons. The van der Waals surface area contributed by atoms with E-state index < -0.39 is 16.1 Å². The van der Waals surface area contributed by atoms with Crippen LogP contribution in [0.5, 0.6) is 5.75 Å². The van der Waals surface area contributed by atoms with Gasteiger partial charge in [-0.15, -0.1) is 0 Å². The second-order valence-electron chi connectivity index (χ2n) is 5.92. The summed E-state index contributed by atoms with van der Waals surface area (Å²) in [5.41, 5.74) is 1.99. The molecule has 1 saturated heterocycles. The third-order valence-corrected chi connectivity index (χ3v) is 5.87. The first kappa shape index (κ1) is 17.3. The molecule has 7 heteroatoms. The monoisotopic (exact) mass is 360 g/mol. The van der Waals surface area contributed by atoms with E-state index in [1.165, 1.54) is 4.31 Å². The van der Waals surface area contributed by atoms with Crippen LogP contribution in [0.15, 0.2) is 48.5 Å². The van der Waals surface area contributed by atoms with Crippen molar-refractivity contribution >= 4 is 27.5 Å². The highest BCUT2D eigenvalue weighted by Gasteiger charge is 2.27. The Morgan fingerprint density at radius 3 is 2.56 bits per heavy atom. The number of hydrogen-bond donors (Lipinski definition) is 1. The van der Waals surface area contributed by atoms with Crippen LogP contribution in [0.4, 0.5) is 16.2 Å². The Labute approximate surface area is 147 Å². The number of nitrogens with one attached hydrogen (secondary N) is 1. The lowest BCUT2D eigenvalue weighted by atomic mass is 10.1. The van der Waals surface area contributed by atoms with Crippen LogP contribution in [0.1, 0.15) is 18.4 Å². The fourth-order valence-corrected chi connectivity index (χ4v) is 4.51. The summed E-state index contributed by atoms with van der Waals surface area (Å²) in [6, 6.07) is 13.9. The summed E-state index contributed by atoms with van der Waals surface area (Å²) in [6.07, 6.45) is 0.953. The van der Waals surface area contributed by atoms with Crippen molar-refractivity contribution in [1.82, 2.24) is 0 Å². The van der Waals surface area contributed by atoms with Crippen molar-refractivity contribution in [3.05, 3.63) is 54.1 Å². The van der Waals surface area contributed by atoms with Crippen LogP contribution in [0.2, 0.25) is 0 Å². The van der Waals surface area contributed by atoms with E-state index in [1.807, 2.05) is 13.0 Å². The molecule has 1 aliphatic heterocycles. The number of hydrogen-bond acceptors (Lipinski definition) is 4. The molecule has 0 aromatic heterocycles. The maximum absolute atomic E-state index is 12.2. The Balaban J connectivity index is 1.72. The highest BCUT2D eigenvalue weighted by atomic mass is 32.2. The maximum atomic E-state index is 12.2. The SMILES string of the molecule is Cc1cc(NC(=O)Oc2ccccc2)ccc1N1CCCCS1(=O)=O. The van der Waals surface area contributed by atoms with Crippen molar-refractivity contribution in [2.75, 3.05) is 21.9 Å². The lowest BCUT2D eigenvalue weighted by Crippen LogP contribution is -2.38. The number of rotatable bonds is 3. The van der Waals surface area contributed by atoms with Crippen LogP contribution in [-0.4, -0.2) is 26.8 Å². The van der Waals surface area contributed by atoms with Gasteiger partial charge >= 0.3 is 6.09 Å². The number of nitrogens with zero attached hydrogens (tertiary/aromatic N) is 1. The zero-order valence-electron chi connectivity index (χ0n) is 13.9. The molecule has 2 aromatic carbocycles. The van der Waals surface area contributed by atoms with E-state index in [-0.39, 0.29) is 5.75 Å². The number of ether oxygens (including phenoxy) is 1. The molecule has 1 fully saturated rings. The van der Waals surface area contributed by atoms with Gasteiger partial charge in [0.15, 0.2) is 0 Å². The minimum atomic E-state index is -3.25. The summed E-state index contributed by atoms with van der Waals surface area (Å²) in [4.78, 5) is 11.9. The molecule has 1 aliphatic rings. The maximum Gasteiger partial charge on any atom is 0.417 e. The molecule has 132 valence electrons. The van der Waals surface area contributed by atoms with E-state index in [4.69, 9.17) is 4.74 Å². The Morgan fingerprint density at radius 2 is 1.88 bits per heavy atom. The first-order chi connectivity index (χ1) is 12.0. The van der Waals surface area contributed by atoms with Crippen LogP contribution in [-0.2, 0) is 10.0 Å². The molecule has 1 heterocycles. The Hall–Kier alpha value is -2.54. The van der Waals surface area contributed by atoms with Gasteiger partial charge in [-0.3, -0.25) is 9.62 Å². The molecule has 0 spiro atoms. The van der Waals surface area contributed by atoms with E-state index in [9.17, 15) is 13.2 Å². The van der Waals surface area contributed by atoms with Gasteiger partial charge in [0, 0.05) is 12.2 Å². The fraction of sp³-hybridized carbons (Fsp3) is 0.278. The van der Waals surface area contributed by atoms with Crippen molar-refractivity contribution in [2.24, 2.45) is 0 Å². The molecule has 0 atom stereocenters. The Bertz CT molecular complexity index is 866. The molecule has 0 bridgehead atoms. The number of amides is 1. The van der Waals surface area contributed by atoms with Crippen molar-refractivity contribution in [1.29, 1.82) is 0 Å². The molecular weight excluding hydrogens is 340 g/mol. The summed E-state index contributed by atoms with van der Waals surface area (Å²) < 4.78 is 31.1. The molecular formula is C18H20N2O4S. The standard InChI is InChI=1S/C18H20N2O4S/c1-14-13-15(19-18(21)24-16-7-3-2-4-8-16)9-10-17(14)20-11-5-6-12-25(20,22)23/h2-4,7-10,13H,5-6,11-12H2,1H3,(H,19,21). The molecule has 6 nitrogen and oxygen atoms in total. The van der Waals surface area contributed by atoms with Crippen LogP contribution in [0, 0.1) is 6.92 Å². The predicted molar refractivity (Wildman–Crippen MR) is 97.6 cm³/mol. The van der Waals surface area contributed by atoms with Gasteiger partial charge in [0.25, 0.3) is 0 Å². The number of benzene rings is 2. The number of aryl methyl sites for hydroxylation is 1. The summed E-state index contributed by atoms with van der Waals surface area (Å²) in [5.74, 6) is 0.628. The van der Waals surface area contributed by atoms with Gasteiger partial charge in [-0.05, 0) is 55.7 Å². The molecule has 1 N–H and O–H groups in total. The summed E-state index contributed by atoms with van der Waals surface area (Å²) in [7, 11) is -3.25. The second-order valence-corrected chi connectivity index (χ2v) is 7.94. The van der Waals surface area contributed by atoms with Crippen molar-refractivity contribution in [3.63, 3.8) is 0 Å². The highest BCUT2D eigenvalue weighted by molar-refractivity contribution is 7.92. The first-order valence-electron chi connectivity index (χ1n) is 8.11. The normalized spacial score (nSPS) is 16.3. The molecule has 0 saturated carbocycles. The summed E-state index contributed by atoms with van der Waals surface area (Å²) in [5, 5.41) is 2.65. The summed E-state index contributed by atoms with van der Waals surface area (Å²) in [6.45, 7) is 2.32. The zero-order valence-corrected chi connectivity index (χ0v) is 14.8. The second kappa shape index (κ2) is 7.14. The van der Waals surface area contributed by atoms with Gasteiger partial charge < -0.3 is 4.74 Å². The molecule has 1 amide bonds. The summed E-state index contributed by atoms with van der Waals surface area (Å²) >= 11 is 0. The number of anilines is 2. The smallest absolute Gasteiger partial charge is 0.410 e. The Kier molecular flexibility index (Phi) is 4.94. The lowest BCUT2D eigenvalue weighted by Gasteiger charge is -2.29. The van der Waals surface area contributed by atoms with Crippen LogP contribution >= 0.6 is 0 Å². The molecule has 0 aliphatic carbocycles. The predicted octanol–water partition coefficient (Wildman–Crippen LogP) is 3.54. The molecule has 3 rings (SSSR count). The van der Waals surface area contributed by atoms with Crippen molar-refractivity contribution < 1.29 is 17.9 Å². The van der Waals surface area contributed by atoms with Crippen molar-refractivity contribution in [2.45, 2.75) is 19.8 Å². The van der Waals surface area contributed by atoms with Gasteiger partial charge in [-0.1, -0.05) is 18.2 Å². The molecule has 2 aromatic rings. The largest absolute Gasteiger partial charge is 0.417 e. The van der Waals surface area contributed by atoms with Gasteiger partial charge in [0.2, 0.25) is 10.0 Å². The molecule has 25 heavy (non-hydrogen) atoms. The quantitative estimate of drug-likeness (QED) is 0.908. The third kappa shape index (κ3) is 4.11. The van der Waals surface area contributed by atoms with Gasteiger partial charge in [-0.25, -0.2) is 13.2 Å². The number of para-hydroxylation sites is 1. The van der Waals surface area contributed by atoms with Crippen molar-refractivity contribution in [3.8, 4) is 5.75 Å². The minimum Gasteiger partial charge on any atom is -0.410 e. The average molecular weight is 360 g/mol. The third-order valence-electron chi connectivity index (χ3n) is 4.01. The first-order valence-corrected chi connectivity index (χ1v) is 9.71. The van der Waals surface area contributed by atoms with Crippen LogP contribution in [0.25, 0.3) is 0 Å². The van der Waals surface area contributed by atoms with E-state index >= 15 is 0 Å². The average Bonchev–Trinajstić information content (AvgIpc) is 2.56. The van der Waals surface area contributed by atoms with Crippen LogP contribution in [0.3, 0.4) is 0 Å². The lowest BCUT2D eigenvalue weighted by molar-refractivity contribution is 0.215. The van der Waals surface area contributed by atoms with E-state index in [0.717, 1.165) is 12.0 Å². The van der Waals surface area contributed by atoms with Gasteiger partial charge in [0.1, 0.15) is 5.75 Å². The highest BCUT2D eigenvalue weighted by Crippen LogP contribution is 2.29.